The summed E-state index contributed by atoms with van der Waals surface area (Å²) in [6, 6.07) is 53.8. The van der Waals surface area contributed by atoms with Gasteiger partial charge in [-0.15, -0.1) is 11.3 Å². The number of thiophene rings is 1. The normalized spacial score (nSPS) is 11.8. The van der Waals surface area contributed by atoms with Crippen LogP contribution in [0.2, 0.25) is 0 Å². The van der Waals surface area contributed by atoms with Gasteiger partial charge in [-0.1, -0.05) is 133 Å². The fourth-order valence-electron chi connectivity index (χ4n) is 7.16. The highest BCUT2D eigenvalue weighted by atomic mass is 32.1. The monoisotopic (exact) mass is 615 g/mol. The lowest BCUT2D eigenvalue weighted by Gasteiger charge is -2.13. The highest BCUT2D eigenvalue weighted by molar-refractivity contribution is 7.26. The summed E-state index contributed by atoms with van der Waals surface area (Å²) in [5.41, 5.74) is 2.92. The first-order valence-corrected chi connectivity index (χ1v) is 16.6. The van der Waals surface area contributed by atoms with Crippen LogP contribution in [0.4, 0.5) is 0 Å². The zero-order valence-corrected chi connectivity index (χ0v) is 26.0. The maximum Gasteiger partial charge on any atom is 0.164 e. The van der Waals surface area contributed by atoms with Gasteiger partial charge in [0.15, 0.2) is 17.5 Å². The molecule has 0 amide bonds. The Morgan fingerprint density at radius 2 is 0.872 bits per heavy atom. The predicted octanol–water partition coefficient (Wildman–Crippen LogP) is 11.9. The Bertz CT molecular complexity index is 2820. The molecule has 0 spiro atoms. The number of hydrogen-bond acceptors (Lipinski definition) is 4. The zero-order valence-electron chi connectivity index (χ0n) is 25.2. The molecule has 0 bridgehead atoms. The molecular weight excluding hydrogens is 591 g/mol. The maximum absolute atomic E-state index is 5.21. The summed E-state index contributed by atoms with van der Waals surface area (Å²) in [5, 5.41) is 12.3. The Labute approximate surface area is 274 Å². The number of rotatable bonds is 3. The van der Waals surface area contributed by atoms with Gasteiger partial charge in [-0.05, 0) is 61.3 Å². The van der Waals surface area contributed by atoms with E-state index >= 15 is 0 Å². The third kappa shape index (κ3) is 4.09. The Balaban J connectivity index is 1.24. The van der Waals surface area contributed by atoms with Gasteiger partial charge in [-0.2, -0.15) is 0 Å². The van der Waals surface area contributed by atoms with Gasteiger partial charge in [0.05, 0.1) is 0 Å². The van der Waals surface area contributed by atoms with Crippen molar-refractivity contribution in [2.24, 2.45) is 0 Å². The van der Waals surface area contributed by atoms with Gasteiger partial charge >= 0.3 is 0 Å². The summed E-state index contributed by atoms with van der Waals surface area (Å²) in [4.78, 5) is 15.4. The molecule has 0 aliphatic rings. The molecule has 10 aromatic rings. The minimum atomic E-state index is 0.659. The molecule has 4 heteroatoms. The molecule has 0 N–H and O–H groups in total. The van der Waals surface area contributed by atoms with Gasteiger partial charge in [0.25, 0.3) is 0 Å². The summed E-state index contributed by atoms with van der Waals surface area (Å²) in [7, 11) is 0. The Hall–Kier alpha value is -5.97. The lowest BCUT2D eigenvalue weighted by atomic mass is 9.93. The number of benzene rings is 8. The summed E-state index contributed by atoms with van der Waals surface area (Å²) >= 11 is 1.84. The molecule has 2 aromatic heterocycles. The van der Waals surface area contributed by atoms with E-state index < -0.39 is 0 Å². The molecule has 10 rings (SSSR count). The van der Waals surface area contributed by atoms with Gasteiger partial charge in [-0.3, -0.25) is 0 Å². The van der Waals surface area contributed by atoms with Crippen LogP contribution in [0.3, 0.4) is 0 Å². The van der Waals surface area contributed by atoms with Crippen LogP contribution in [0.1, 0.15) is 0 Å². The molecule has 8 aromatic carbocycles. The van der Waals surface area contributed by atoms with Crippen molar-refractivity contribution in [1.29, 1.82) is 0 Å². The molecule has 0 radical (unpaired) electrons. The second-order valence-electron chi connectivity index (χ2n) is 12.0. The molecule has 0 aliphatic carbocycles. The minimum absolute atomic E-state index is 0.659. The maximum atomic E-state index is 5.21. The van der Waals surface area contributed by atoms with Gasteiger partial charge in [-0.25, -0.2) is 15.0 Å². The Kier molecular flexibility index (Phi) is 5.74. The summed E-state index contributed by atoms with van der Waals surface area (Å²) in [5.74, 6) is 1.99. The van der Waals surface area contributed by atoms with Crippen molar-refractivity contribution in [3.8, 4) is 34.2 Å². The molecule has 0 unspecified atom stereocenters. The predicted molar refractivity (Wildman–Crippen MR) is 199 cm³/mol. The van der Waals surface area contributed by atoms with Crippen molar-refractivity contribution in [1.82, 2.24) is 15.0 Å². The van der Waals surface area contributed by atoms with E-state index in [-0.39, 0.29) is 0 Å². The molecule has 0 saturated heterocycles. The number of hydrogen-bond donors (Lipinski definition) is 0. The number of fused-ring (bicyclic) bond motifs is 11. The lowest BCUT2D eigenvalue weighted by molar-refractivity contribution is 1.08. The first-order chi connectivity index (χ1) is 23.3. The first-order valence-electron chi connectivity index (χ1n) is 15.8. The Morgan fingerprint density at radius 1 is 0.319 bits per heavy atom. The van der Waals surface area contributed by atoms with Crippen LogP contribution in [0.5, 0.6) is 0 Å². The molecule has 2 heterocycles. The van der Waals surface area contributed by atoms with Crippen LogP contribution in [-0.4, -0.2) is 15.0 Å². The second-order valence-corrected chi connectivity index (χ2v) is 13.0. The third-order valence-corrected chi connectivity index (χ3v) is 10.4. The van der Waals surface area contributed by atoms with Crippen molar-refractivity contribution < 1.29 is 0 Å². The Morgan fingerprint density at radius 3 is 1.62 bits per heavy atom. The van der Waals surface area contributed by atoms with Crippen molar-refractivity contribution in [3.63, 3.8) is 0 Å². The van der Waals surface area contributed by atoms with Crippen molar-refractivity contribution in [3.05, 3.63) is 152 Å². The van der Waals surface area contributed by atoms with Gasteiger partial charge < -0.3 is 0 Å². The molecular formula is C43H25N3S. The van der Waals surface area contributed by atoms with Crippen LogP contribution in [0.15, 0.2) is 152 Å². The smallest absolute Gasteiger partial charge is 0.164 e. The van der Waals surface area contributed by atoms with E-state index in [0.29, 0.717) is 17.5 Å². The van der Waals surface area contributed by atoms with Crippen molar-refractivity contribution in [2.45, 2.75) is 0 Å². The third-order valence-electron chi connectivity index (χ3n) is 9.31. The molecule has 0 fully saturated rings. The van der Waals surface area contributed by atoms with Gasteiger partial charge in [0.1, 0.15) is 0 Å². The van der Waals surface area contributed by atoms with Crippen molar-refractivity contribution >= 4 is 74.6 Å². The number of nitrogens with zero attached hydrogens (tertiary/aromatic N) is 3. The SMILES string of the molecule is c1ccc(-c2nc(-c3ccc4c5ccccc5c5ccccc5c4c3)nc(-c3cccc4c3ccc3sc5ccccc5c34)n2)cc1. The van der Waals surface area contributed by atoms with Crippen LogP contribution in [-0.2, 0) is 0 Å². The van der Waals surface area contributed by atoms with Crippen LogP contribution in [0, 0.1) is 0 Å². The van der Waals surface area contributed by atoms with Crippen LogP contribution < -0.4 is 0 Å². The fourth-order valence-corrected chi connectivity index (χ4v) is 8.29. The van der Waals surface area contributed by atoms with E-state index in [2.05, 4.69) is 133 Å². The fraction of sp³-hybridized carbons (Fsp3) is 0. The largest absolute Gasteiger partial charge is 0.208 e. The second kappa shape index (κ2) is 10.3. The standard InChI is InChI=1S/C43H25N3S/c1-2-11-26(12-3-1)41-44-42(27-21-22-32-30-15-5-4-13-28(30)29-14-6-7-16-31(29)37(32)25-27)46-43(45-41)35-19-10-18-34-33(35)23-24-39-40(34)36-17-8-9-20-38(36)47-39/h1-25H. The van der Waals surface area contributed by atoms with Crippen molar-refractivity contribution in [2.75, 3.05) is 0 Å². The topological polar surface area (TPSA) is 38.7 Å². The number of aromatic nitrogens is 3. The lowest BCUT2D eigenvalue weighted by Crippen LogP contribution is -2.00. The van der Waals surface area contributed by atoms with Gasteiger partial charge in [0.2, 0.25) is 0 Å². The zero-order chi connectivity index (χ0) is 30.9. The van der Waals surface area contributed by atoms with E-state index in [0.717, 1.165) is 22.1 Å². The molecule has 3 nitrogen and oxygen atoms in total. The summed E-state index contributed by atoms with van der Waals surface area (Å²) in [6.45, 7) is 0. The van der Waals surface area contributed by atoms with E-state index in [1.54, 1.807) is 0 Å². The summed E-state index contributed by atoms with van der Waals surface area (Å²) < 4.78 is 2.58. The quantitative estimate of drug-likeness (QED) is 0.186. The molecule has 218 valence electrons. The molecule has 47 heavy (non-hydrogen) atoms. The van der Waals surface area contributed by atoms with Crippen LogP contribution >= 0.6 is 11.3 Å². The van der Waals surface area contributed by atoms with E-state index in [9.17, 15) is 0 Å². The summed E-state index contributed by atoms with van der Waals surface area (Å²) in [6.07, 6.45) is 0. The average Bonchev–Trinajstić information content (AvgIpc) is 3.54. The molecule has 0 saturated carbocycles. The van der Waals surface area contributed by atoms with Gasteiger partial charge in [0, 0.05) is 36.9 Å². The highest BCUT2D eigenvalue weighted by Crippen LogP contribution is 2.41. The van der Waals surface area contributed by atoms with E-state index in [4.69, 9.17) is 15.0 Å². The minimum Gasteiger partial charge on any atom is -0.208 e. The van der Waals surface area contributed by atoms with E-state index in [1.165, 1.54) is 57.9 Å². The van der Waals surface area contributed by atoms with E-state index in [1.807, 2.05) is 29.5 Å². The highest BCUT2D eigenvalue weighted by Gasteiger charge is 2.17. The molecule has 0 atom stereocenters. The first kappa shape index (κ1) is 26.3. The molecule has 0 aliphatic heterocycles. The van der Waals surface area contributed by atoms with Crippen LogP contribution in [0.25, 0.3) is 97.4 Å². The average molecular weight is 616 g/mol.